The van der Waals surface area contributed by atoms with E-state index < -0.39 is 0 Å². The van der Waals surface area contributed by atoms with E-state index in [4.69, 9.17) is 4.84 Å². The molecule has 0 radical (unpaired) electrons. The number of ketones is 1. The zero-order valence-electron chi connectivity index (χ0n) is 22.1. The first kappa shape index (κ1) is 24.8. The molecule has 1 N–H and O–H groups in total. The molecule has 0 unspecified atom stereocenters. The van der Waals surface area contributed by atoms with E-state index in [9.17, 15) is 4.79 Å². The Morgan fingerprint density at radius 2 is 1.64 bits per heavy atom. The van der Waals surface area contributed by atoms with E-state index in [1.54, 1.807) is 6.08 Å². The monoisotopic (exact) mass is 484 g/mol. The molecule has 3 aliphatic rings. The molecule has 4 heteroatoms. The number of hydrogen-bond acceptors (Lipinski definition) is 4. The normalized spacial score (nSPS) is 20.5. The van der Waals surface area contributed by atoms with Crippen LogP contribution in [-0.2, 0) is 10.3 Å². The summed E-state index contributed by atoms with van der Waals surface area (Å²) in [5.74, 6) is 0.779. The summed E-state index contributed by atoms with van der Waals surface area (Å²) in [4.78, 5) is 21.0. The van der Waals surface area contributed by atoms with Crippen molar-refractivity contribution in [1.82, 2.24) is 10.4 Å². The Kier molecular flexibility index (Phi) is 7.07. The fraction of sp³-hybridized carbons (Fsp3) is 0.469. The van der Waals surface area contributed by atoms with Crippen molar-refractivity contribution in [2.75, 3.05) is 13.1 Å². The van der Waals surface area contributed by atoms with Crippen LogP contribution in [0.1, 0.15) is 98.7 Å². The molecule has 5 rings (SSSR count). The molecular formula is C32H40N2O2. The molecule has 1 saturated heterocycles. The first-order valence-electron chi connectivity index (χ1n) is 13.7. The van der Waals surface area contributed by atoms with Gasteiger partial charge in [-0.3, -0.25) is 15.1 Å². The predicted molar refractivity (Wildman–Crippen MR) is 147 cm³/mol. The van der Waals surface area contributed by atoms with Crippen LogP contribution in [0.4, 0.5) is 0 Å². The zero-order chi connectivity index (χ0) is 25.2. The number of piperidine rings is 1. The smallest absolute Gasteiger partial charge is 0.187 e. The molecule has 36 heavy (non-hydrogen) atoms. The molecule has 190 valence electrons. The molecular weight excluding hydrogens is 444 g/mol. The minimum absolute atomic E-state index is 0.0494. The number of nitrogens with one attached hydrogen (secondary N) is 1. The zero-order valence-corrected chi connectivity index (χ0v) is 22.1. The number of allylic oxidation sites excluding steroid dienone is 1. The summed E-state index contributed by atoms with van der Waals surface area (Å²) >= 11 is 0. The topological polar surface area (TPSA) is 41.6 Å². The predicted octanol–water partition coefficient (Wildman–Crippen LogP) is 7.14. The summed E-state index contributed by atoms with van der Waals surface area (Å²) in [5.41, 5.74) is 8.74. The van der Waals surface area contributed by atoms with Crippen LogP contribution in [0, 0.1) is 0 Å². The Morgan fingerprint density at radius 3 is 2.28 bits per heavy atom. The molecule has 0 bridgehead atoms. The van der Waals surface area contributed by atoms with E-state index >= 15 is 0 Å². The molecule has 2 heterocycles. The second-order valence-corrected chi connectivity index (χ2v) is 11.8. The third-order valence-corrected chi connectivity index (χ3v) is 8.19. The van der Waals surface area contributed by atoms with Gasteiger partial charge >= 0.3 is 0 Å². The first-order chi connectivity index (χ1) is 17.3. The van der Waals surface area contributed by atoms with Gasteiger partial charge in [-0.1, -0.05) is 88.6 Å². The van der Waals surface area contributed by atoms with Gasteiger partial charge < -0.3 is 4.90 Å². The highest BCUT2D eigenvalue weighted by Crippen LogP contribution is 2.36. The van der Waals surface area contributed by atoms with Gasteiger partial charge in [0.1, 0.15) is 5.60 Å². The number of carbonyl (C=O) groups is 1. The third-order valence-electron chi connectivity index (χ3n) is 8.19. The molecule has 0 aromatic heterocycles. The van der Waals surface area contributed by atoms with Gasteiger partial charge in [-0.2, -0.15) is 0 Å². The number of hydroxylamine groups is 1. The molecule has 1 aliphatic carbocycles. The standard InChI is InChI=1S/C32H40N2O2/c1-31(2,3)28-15-13-27(14-16-28)30(35)17-20-34-21-18-32(19-22-34)23-29(33-36-32)26-11-9-25(10-12-26)24-7-5-4-6-8-24/h9-17,20,23-24,33H,4-8,18-19,21-22H2,1-3H3. The highest BCUT2D eigenvalue weighted by atomic mass is 16.7. The van der Waals surface area contributed by atoms with E-state index in [1.807, 2.05) is 18.3 Å². The van der Waals surface area contributed by atoms with Crippen molar-refractivity contribution in [3.8, 4) is 0 Å². The summed E-state index contributed by atoms with van der Waals surface area (Å²) in [7, 11) is 0. The number of likely N-dealkylation sites (tertiary alicyclic amines) is 1. The summed E-state index contributed by atoms with van der Waals surface area (Å²) in [6, 6.07) is 17.1. The summed E-state index contributed by atoms with van der Waals surface area (Å²) in [6.07, 6.45) is 14.5. The summed E-state index contributed by atoms with van der Waals surface area (Å²) in [6.45, 7) is 8.27. The number of benzene rings is 2. The number of hydrogen-bond donors (Lipinski definition) is 1. The van der Waals surface area contributed by atoms with Crippen LogP contribution >= 0.6 is 0 Å². The van der Waals surface area contributed by atoms with Gasteiger partial charge in [-0.05, 0) is 46.9 Å². The van der Waals surface area contributed by atoms with E-state index in [0.717, 1.165) is 43.1 Å². The van der Waals surface area contributed by atoms with Crippen LogP contribution in [0.2, 0.25) is 0 Å². The highest BCUT2D eigenvalue weighted by Gasteiger charge is 2.38. The molecule has 1 spiro atoms. The average molecular weight is 485 g/mol. The van der Waals surface area contributed by atoms with Gasteiger partial charge in [0.25, 0.3) is 0 Å². The van der Waals surface area contributed by atoms with Gasteiger partial charge in [0.2, 0.25) is 0 Å². The Balaban J connectivity index is 1.16. The fourth-order valence-electron chi connectivity index (χ4n) is 5.69. The lowest BCUT2D eigenvalue weighted by Gasteiger charge is -2.36. The number of carbonyl (C=O) groups excluding carboxylic acids is 1. The van der Waals surface area contributed by atoms with Crippen LogP contribution < -0.4 is 5.48 Å². The van der Waals surface area contributed by atoms with Crippen molar-refractivity contribution < 1.29 is 9.63 Å². The molecule has 0 atom stereocenters. The van der Waals surface area contributed by atoms with Crippen LogP contribution in [0.3, 0.4) is 0 Å². The number of rotatable bonds is 5. The minimum Gasteiger partial charge on any atom is -0.377 e. The minimum atomic E-state index is -0.269. The van der Waals surface area contributed by atoms with Crippen molar-refractivity contribution in [1.29, 1.82) is 0 Å². The molecule has 0 amide bonds. The average Bonchev–Trinajstić information content (AvgIpc) is 3.32. The quantitative estimate of drug-likeness (QED) is 0.362. The van der Waals surface area contributed by atoms with Crippen molar-refractivity contribution in [2.45, 2.75) is 82.7 Å². The SMILES string of the molecule is CC(C)(C)c1ccc(C(=O)C=CN2CCC3(C=C(c4ccc(C5CCCCC5)cc4)NO3)CC2)cc1. The Hall–Kier alpha value is -2.85. The largest absolute Gasteiger partial charge is 0.377 e. The Bertz CT molecular complexity index is 1110. The maximum atomic E-state index is 12.7. The highest BCUT2D eigenvalue weighted by molar-refractivity contribution is 6.04. The second-order valence-electron chi connectivity index (χ2n) is 11.8. The fourth-order valence-corrected chi connectivity index (χ4v) is 5.69. The van der Waals surface area contributed by atoms with Gasteiger partial charge in [0.05, 0.1) is 5.70 Å². The maximum absolute atomic E-state index is 12.7. The summed E-state index contributed by atoms with van der Waals surface area (Å²) in [5, 5.41) is 0. The molecule has 2 aromatic rings. The molecule has 2 aliphatic heterocycles. The van der Waals surface area contributed by atoms with Crippen LogP contribution in [-0.4, -0.2) is 29.4 Å². The molecule has 4 nitrogen and oxygen atoms in total. The first-order valence-corrected chi connectivity index (χ1v) is 13.7. The number of nitrogens with zero attached hydrogens (tertiary/aromatic N) is 1. The lowest BCUT2D eigenvalue weighted by atomic mass is 9.84. The molecule has 2 fully saturated rings. The van der Waals surface area contributed by atoms with Gasteiger partial charge in [-0.25, -0.2) is 0 Å². The van der Waals surface area contributed by atoms with E-state index in [1.165, 1.54) is 48.8 Å². The second kappa shape index (κ2) is 10.3. The van der Waals surface area contributed by atoms with Crippen molar-refractivity contribution >= 4 is 11.5 Å². The lowest BCUT2D eigenvalue weighted by Crippen LogP contribution is -2.42. The van der Waals surface area contributed by atoms with E-state index in [2.05, 4.69) is 73.6 Å². The Morgan fingerprint density at radius 1 is 0.972 bits per heavy atom. The van der Waals surface area contributed by atoms with Crippen LogP contribution in [0.5, 0.6) is 0 Å². The van der Waals surface area contributed by atoms with E-state index in [0.29, 0.717) is 0 Å². The van der Waals surface area contributed by atoms with Gasteiger partial charge in [0.15, 0.2) is 5.78 Å². The van der Waals surface area contributed by atoms with E-state index in [-0.39, 0.29) is 16.8 Å². The molecule has 2 aromatic carbocycles. The molecule has 1 saturated carbocycles. The van der Waals surface area contributed by atoms with Gasteiger partial charge in [0, 0.05) is 43.8 Å². The van der Waals surface area contributed by atoms with Crippen LogP contribution in [0.15, 0.2) is 66.9 Å². The summed E-state index contributed by atoms with van der Waals surface area (Å²) < 4.78 is 0. The van der Waals surface area contributed by atoms with Crippen molar-refractivity contribution in [3.05, 3.63) is 89.1 Å². The van der Waals surface area contributed by atoms with Crippen molar-refractivity contribution in [2.24, 2.45) is 0 Å². The lowest BCUT2D eigenvalue weighted by molar-refractivity contribution is -0.0639. The van der Waals surface area contributed by atoms with Crippen LogP contribution in [0.25, 0.3) is 5.70 Å². The van der Waals surface area contributed by atoms with Gasteiger partial charge in [-0.15, -0.1) is 0 Å². The maximum Gasteiger partial charge on any atom is 0.187 e. The Labute approximate surface area is 216 Å². The van der Waals surface area contributed by atoms with Crippen molar-refractivity contribution in [3.63, 3.8) is 0 Å². The third kappa shape index (κ3) is 5.59.